The van der Waals surface area contributed by atoms with Crippen LogP contribution in [0.25, 0.3) is 0 Å². The van der Waals surface area contributed by atoms with Crippen molar-refractivity contribution < 1.29 is 14.7 Å². The summed E-state index contributed by atoms with van der Waals surface area (Å²) in [6.07, 6.45) is 3.81. The van der Waals surface area contributed by atoms with Gasteiger partial charge in [0.2, 0.25) is 0 Å². The number of nitrogens with one attached hydrogen (secondary N) is 1. The average Bonchev–Trinajstić information content (AvgIpc) is 2.99. The minimum absolute atomic E-state index is 0.237. The second kappa shape index (κ2) is 6.04. The molecule has 6 heteroatoms. The summed E-state index contributed by atoms with van der Waals surface area (Å²) in [6.45, 7) is 4.22. The van der Waals surface area contributed by atoms with Crippen LogP contribution in [0.3, 0.4) is 0 Å². The van der Waals surface area contributed by atoms with E-state index in [4.69, 9.17) is 5.11 Å². The number of carboxylic acids is 1. The Bertz CT molecular complexity index is 316. The van der Waals surface area contributed by atoms with Crippen molar-refractivity contribution in [2.75, 3.05) is 32.7 Å². The molecule has 0 spiro atoms. The zero-order valence-electron chi connectivity index (χ0n) is 10.6. The topological polar surface area (TPSA) is 72.9 Å². The number of aliphatic carboxylic acids is 1. The fourth-order valence-electron chi connectivity index (χ4n) is 2.70. The molecule has 2 saturated heterocycles. The summed E-state index contributed by atoms with van der Waals surface area (Å²) in [5.41, 5.74) is 0. The van der Waals surface area contributed by atoms with Crippen molar-refractivity contribution in [3.8, 4) is 0 Å². The molecule has 6 nitrogen and oxygen atoms in total. The number of rotatable bonds is 4. The molecule has 0 aromatic carbocycles. The summed E-state index contributed by atoms with van der Waals surface area (Å²) in [4.78, 5) is 26.6. The third-order valence-electron chi connectivity index (χ3n) is 3.70. The predicted octanol–water partition coefficient (Wildman–Crippen LogP) is 0.341. The molecule has 2 aliphatic rings. The number of hydrogen-bond donors (Lipinski definition) is 2. The van der Waals surface area contributed by atoms with Crippen LogP contribution in [-0.2, 0) is 4.79 Å². The third kappa shape index (κ3) is 3.13. The first-order chi connectivity index (χ1) is 8.68. The van der Waals surface area contributed by atoms with Gasteiger partial charge in [0.05, 0.1) is 0 Å². The lowest BCUT2D eigenvalue weighted by molar-refractivity contribution is -0.141. The van der Waals surface area contributed by atoms with Crippen molar-refractivity contribution in [1.82, 2.24) is 15.1 Å². The minimum Gasteiger partial charge on any atom is -0.480 e. The number of carbonyl (C=O) groups excluding carboxylic acids is 1. The van der Waals surface area contributed by atoms with E-state index in [1.165, 1.54) is 17.7 Å². The summed E-state index contributed by atoms with van der Waals surface area (Å²) in [5.74, 6) is -0.901. The van der Waals surface area contributed by atoms with Crippen LogP contribution in [0.4, 0.5) is 4.79 Å². The summed E-state index contributed by atoms with van der Waals surface area (Å²) >= 11 is 0. The molecule has 2 N–H and O–H groups in total. The van der Waals surface area contributed by atoms with Gasteiger partial charge in [-0.1, -0.05) is 0 Å². The number of urea groups is 1. The Labute approximate surface area is 107 Å². The van der Waals surface area contributed by atoms with Crippen LogP contribution < -0.4 is 5.32 Å². The molecule has 0 aromatic heterocycles. The maximum atomic E-state index is 11.9. The van der Waals surface area contributed by atoms with Crippen molar-refractivity contribution >= 4 is 12.0 Å². The largest absolute Gasteiger partial charge is 0.480 e. The van der Waals surface area contributed by atoms with Crippen molar-refractivity contribution in [2.24, 2.45) is 0 Å². The summed E-state index contributed by atoms with van der Waals surface area (Å²) < 4.78 is 0. The molecule has 0 unspecified atom stereocenters. The summed E-state index contributed by atoms with van der Waals surface area (Å²) in [7, 11) is 0. The Morgan fingerprint density at radius 3 is 2.56 bits per heavy atom. The lowest BCUT2D eigenvalue weighted by Crippen LogP contribution is -2.47. The number of hydrogen-bond acceptors (Lipinski definition) is 3. The quantitative estimate of drug-likeness (QED) is 0.760. The van der Waals surface area contributed by atoms with Gasteiger partial charge >= 0.3 is 12.0 Å². The Morgan fingerprint density at radius 1 is 1.17 bits per heavy atom. The number of nitrogens with zero attached hydrogens (tertiary/aromatic N) is 2. The van der Waals surface area contributed by atoms with E-state index in [1.807, 2.05) is 0 Å². The van der Waals surface area contributed by atoms with E-state index in [0.717, 1.165) is 26.1 Å². The van der Waals surface area contributed by atoms with Gasteiger partial charge in [-0.2, -0.15) is 0 Å². The highest BCUT2D eigenvalue weighted by Crippen LogP contribution is 2.17. The molecule has 2 rings (SSSR count). The number of carbonyl (C=O) groups is 2. The fourth-order valence-corrected chi connectivity index (χ4v) is 2.70. The standard InChI is InChI=1S/C12H21N3O3/c16-11(17)10-4-3-8-15(10)12(18)13-5-9-14-6-1-2-7-14/h10H,1-9H2,(H,13,18)(H,16,17)/t10-/m0/s1. The molecule has 2 fully saturated rings. The molecular weight excluding hydrogens is 234 g/mol. The van der Waals surface area contributed by atoms with E-state index in [0.29, 0.717) is 19.5 Å². The second-order valence-corrected chi connectivity index (χ2v) is 4.97. The van der Waals surface area contributed by atoms with Gasteiger partial charge in [-0.15, -0.1) is 0 Å². The number of carboxylic acid groups (broad SMARTS) is 1. The molecule has 2 amide bonds. The first-order valence-corrected chi connectivity index (χ1v) is 6.68. The molecule has 0 aromatic rings. The van der Waals surface area contributed by atoms with Crippen LogP contribution in [-0.4, -0.2) is 65.7 Å². The molecule has 2 heterocycles. The van der Waals surface area contributed by atoms with E-state index >= 15 is 0 Å². The average molecular weight is 255 g/mol. The van der Waals surface area contributed by atoms with Crippen LogP contribution in [0, 0.1) is 0 Å². The Kier molecular flexibility index (Phi) is 4.41. The van der Waals surface area contributed by atoms with Gasteiger partial charge in [0.1, 0.15) is 6.04 Å². The zero-order chi connectivity index (χ0) is 13.0. The second-order valence-electron chi connectivity index (χ2n) is 4.97. The summed E-state index contributed by atoms with van der Waals surface area (Å²) in [6, 6.07) is -0.879. The van der Waals surface area contributed by atoms with Crippen LogP contribution >= 0.6 is 0 Å². The van der Waals surface area contributed by atoms with E-state index in [2.05, 4.69) is 10.2 Å². The van der Waals surface area contributed by atoms with Crippen LogP contribution in [0.2, 0.25) is 0 Å². The third-order valence-corrected chi connectivity index (χ3v) is 3.70. The maximum absolute atomic E-state index is 11.9. The SMILES string of the molecule is O=C(O)[C@@H]1CCCN1C(=O)NCCN1CCCC1. The van der Waals surface area contributed by atoms with E-state index in [9.17, 15) is 9.59 Å². The first-order valence-electron chi connectivity index (χ1n) is 6.68. The van der Waals surface area contributed by atoms with Crippen molar-refractivity contribution in [3.05, 3.63) is 0 Å². The van der Waals surface area contributed by atoms with E-state index in [1.54, 1.807) is 0 Å². The lowest BCUT2D eigenvalue weighted by Gasteiger charge is -2.22. The molecule has 102 valence electrons. The molecule has 0 radical (unpaired) electrons. The van der Waals surface area contributed by atoms with Crippen molar-refractivity contribution in [1.29, 1.82) is 0 Å². The van der Waals surface area contributed by atoms with Gasteiger partial charge in [-0.05, 0) is 38.8 Å². The van der Waals surface area contributed by atoms with Gasteiger partial charge < -0.3 is 20.2 Å². The predicted molar refractivity (Wildman–Crippen MR) is 66.4 cm³/mol. The smallest absolute Gasteiger partial charge is 0.326 e. The highest BCUT2D eigenvalue weighted by molar-refractivity contribution is 5.83. The normalized spacial score (nSPS) is 24.4. The number of amides is 2. The molecule has 18 heavy (non-hydrogen) atoms. The lowest BCUT2D eigenvalue weighted by atomic mass is 10.2. The van der Waals surface area contributed by atoms with Crippen LogP contribution in [0.5, 0.6) is 0 Å². The van der Waals surface area contributed by atoms with E-state index in [-0.39, 0.29) is 6.03 Å². The van der Waals surface area contributed by atoms with Crippen LogP contribution in [0.1, 0.15) is 25.7 Å². The molecule has 1 atom stereocenters. The highest BCUT2D eigenvalue weighted by atomic mass is 16.4. The van der Waals surface area contributed by atoms with Crippen molar-refractivity contribution in [3.63, 3.8) is 0 Å². The molecule has 2 aliphatic heterocycles. The zero-order valence-corrected chi connectivity index (χ0v) is 10.6. The van der Waals surface area contributed by atoms with Gasteiger partial charge in [0, 0.05) is 19.6 Å². The fraction of sp³-hybridized carbons (Fsp3) is 0.833. The Morgan fingerprint density at radius 2 is 1.89 bits per heavy atom. The Balaban J connectivity index is 1.71. The van der Waals surface area contributed by atoms with Gasteiger partial charge in [-0.25, -0.2) is 9.59 Å². The molecule has 0 saturated carbocycles. The number of likely N-dealkylation sites (tertiary alicyclic amines) is 2. The molecular formula is C12H21N3O3. The van der Waals surface area contributed by atoms with Gasteiger partial charge in [0.25, 0.3) is 0 Å². The van der Waals surface area contributed by atoms with Gasteiger partial charge in [-0.3, -0.25) is 0 Å². The summed E-state index contributed by atoms with van der Waals surface area (Å²) in [5, 5.41) is 11.8. The van der Waals surface area contributed by atoms with Crippen LogP contribution in [0.15, 0.2) is 0 Å². The molecule has 0 aliphatic carbocycles. The molecule has 0 bridgehead atoms. The monoisotopic (exact) mass is 255 g/mol. The van der Waals surface area contributed by atoms with E-state index < -0.39 is 12.0 Å². The minimum atomic E-state index is -0.901. The maximum Gasteiger partial charge on any atom is 0.326 e. The first kappa shape index (κ1) is 13.1. The Hall–Kier alpha value is -1.30. The highest BCUT2D eigenvalue weighted by Gasteiger charge is 2.33. The van der Waals surface area contributed by atoms with Crippen molar-refractivity contribution in [2.45, 2.75) is 31.7 Å². The van der Waals surface area contributed by atoms with Gasteiger partial charge in [0.15, 0.2) is 0 Å².